The molecule has 0 aliphatic heterocycles. The highest BCUT2D eigenvalue weighted by Crippen LogP contribution is 2.32. The summed E-state index contributed by atoms with van der Waals surface area (Å²) in [6, 6.07) is -0.557. The Morgan fingerprint density at radius 3 is 2.68 bits per heavy atom. The standard InChI is InChI=1S/C13H15F3N4OS/c1-3-9(12-19-10(7-22-12)13(14,15)16)18-11(21)8-5-17-20(4-2)6-8/h5-7,9H,3-4H2,1-2H3,(H,18,21)/t9-/m0/s1. The van der Waals surface area contributed by atoms with Crippen molar-refractivity contribution in [3.63, 3.8) is 0 Å². The van der Waals surface area contributed by atoms with Gasteiger partial charge in [-0.1, -0.05) is 6.92 Å². The number of carbonyl (C=O) groups excluding carboxylic acids is 1. The molecule has 2 heterocycles. The molecule has 0 saturated heterocycles. The summed E-state index contributed by atoms with van der Waals surface area (Å²) >= 11 is 0.889. The van der Waals surface area contributed by atoms with E-state index in [-0.39, 0.29) is 10.9 Å². The van der Waals surface area contributed by atoms with Crippen LogP contribution in [-0.2, 0) is 12.7 Å². The van der Waals surface area contributed by atoms with Gasteiger partial charge in [0.25, 0.3) is 5.91 Å². The van der Waals surface area contributed by atoms with Crippen molar-refractivity contribution in [2.24, 2.45) is 0 Å². The molecule has 1 N–H and O–H groups in total. The molecule has 0 spiro atoms. The van der Waals surface area contributed by atoms with E-state index < -0.39 is 17.9 Å². The number of hydrogen-bond acceptors (Lipinski definition) is 4. The van der Waals surface area contributed by atoms with Crippen LogP contribution < -0.4 is 5.32 Å². The van der Waals surface area contributed by atoms with Crippen LogP contribution in [0, 0.1) is 0 Å². The van der Waals surface area contributed by atoms with Gasteiger partial charge in [0.05, 0.1) is 17.8 Å². The first-order valence-electron chi connectivity index (χ1n) is 6.71. The van der Waals surface area contributed by atoms with Crippen LogP contribution in [0.1, 0.15) is 47.4 Å². The summed E-state index contributed by atoms with van der Waals surface area (Å²) in [6.07, 6.45) is -1.02. The van der Waals surface area contributed by atoms with E-state index in [1.807, 2.05) is 6.92 Å². The second kappa shape index (κ2) is 6.47. The maximum Gasteiger partial charge on any atom is 0.434 e. The molecule has 0 saturated carbocycles. The Bertz CT molecular complexity index is 650. The average Bonchev–Trinajstić information content (AvgIpc) is 3.12. The summed E-state index contributed by atoms with van der Waals surface area (Å²) in [5, 5.41) is 7.88. The number of carbonyl (C=O) groups is 1. The number of nitrogens with one attached hydrogen (secondary N) is 1. The van der Waals surface area contributed by atoms with Crippen molar-refractivity contribution in [3.05, 3.63) is 34.0 Å². The third kappa shape index (κ3) is 3.65. The molecule has 2 aromatic heterocycles. The molecule has 1 amide bonds. The zero-order chi connectivity index (χ0) is 16.3. The predicted molar refractivity (Wildman–Crippen MR) is 75.5 cm³/mol. The predicted octanol–water partition coefficient (Wildman–Crippen LogP) is 3.26. The normalized spacial score (nSPS) is 13.1. The number of nitrogens with zero attached hydrogens (tertiary/aromatic N) is 3. The van der Waals surface area contributed by atoms with Crippen LogP contribution in [0.2, 0.25) is 0 Å². The minimum atomic E-state index is -4.47. The Morgan fingerprint density at radius 1 is 1.45 bits per heavy atom. The quantitative estimate of drug-likeness (QED) is 0.914. The minimum Gasteiger partial charge on any atom is -0.343 e. The number of amides is 1. The van der Waals surface area contributed by atoms with Gasteiger partial charge in [-0.05, 0) is 13.3 Å². The molecule has 120 valence electrons. The topological polar surface area (TPSA) is 59.8 Å². The molecule has 0 fully saturated rings. The maximum absolute atomic E-state index is 12.6. The largest absolute Gasteiger partial charge is 0.434 e. The van der Waals surface area contributed by atoms with Crippen molar-refractivity contribution in [3.8, 4) is 0 Å². The van der Waals surface area contributed by atoms with Crippen molar-refractivity contribution in [1.29, 1.82) is 0 Å². The van der Waals surface area contributed by atoms with Gasteiger partial charge < -0.3 is 5.32 Å². The van der Waals surface area contributed by atoms with Gasteiger partial charge >= 0.3 is 6.18 Å². The molecule has 0 aliphatic rings. The lowest BCUT2D eigenvalue weighted by Crippen LogP contribution is -2.28. The van der Waals surface area contributed by atoms with Crippen LogP contribution >= 0.6 is 11.3 Å². The SMILES string of the molecule is CC[C@H](NC(=O)c1cnn(CC)c1)c1nc(C(F)(F)F)cs1. The van der Waals surface area contributed by atoms with Gasteiger partial charge in [0, 0.05) is 18.1 Å². The van der Waals surface area contributed by atoms with Crippen LogP contribution in [0.25, 0.3) is 0 Å². The van der Waals surface area contributed by atoms with E-state index in [9.17, 15) is 18.0 Å². The maximum atomic E-state index is 12.6. The van der Waals surface area contributed by atoms with Crippen LogP contribution in [-0.4, -0.2) is 20.7 Å². The average molecular weight is 332 g/mol. The number of halogens is 3. The fraction of sp³-hybridized carbons (Fsp3) is 0.462. The van der Waals surface area contributed by atoms with Crippen molar-refractivity contribution in [2.45, 2.75) is 39.0 Å². The Labute approximate surface area is 129 Å². The highest BCUT2D eigenvalue weighted by molar-refractivity contribution is 7.09. The minimum absolute atomic E-state index is 0.242. The molecule has 22 heavy (non-hydrogen) atoms. The Hall–Kier alpha value is -1.90. The van der Waals surface area contributed by atoms with Crippen LogP contribution in [0.3, 0.4) is 0 Å². The lowest BCUT2D eigenvalue weighted by Gasteiger charge is -2.13. The smallest absolute Gasteiger partial charge is 0.343 e. The second-order valence-corrected chi connectivity index (χ2v) is 5.48. The third-order valence-electron chi connectivity index (χ3n) is 3.04. The first-order valence-corrected chi connectivity index (χ1v) is 7.59. The molecule has 9 heteroatoms. The highest BCUT2D eigenvalue weighted by Gasteiger charge is 2.34. The summed E-state index contributed by atoms with van der Waals surface area (Å²) in [7, 11) is 0. The number of thiazole rings is 1. The Morgan fingerprint density at radius 2 is 2.18 bits per heavy atom. The van der Waals surface area contributed by atoms with E-state index in [2.05, 4.69) is 15.4 Å². The second-order valence-electron chi connectivity index (χ2n) is 4.59. The molecule has 0 bridgehead atoms. The molecule has 2 rings (SSSR count). The lowest BCUT2D eigenvalue weighted by molar-refractivity contribution is -0.140. The van der Waals surface area contributed by atoms with Gasteiger partial charge in [0.2, 0.25) is 0 Å². The summed E-state index contributed by atoms with van der Waals surface area (Å²) < 4.78 is 39.3. The zero-order valence-electron chi connectivity index (χ0n) is 12.0. The Kier molecular flexibility index (Phi) is 4.84. The van der Waals surface area contributed by atoms with Gasteiger partial charge in [-0.3, -0.25) is 9.48 Å². The Balaban J connectivity index is 2.11. The van der Waals surface area contributed by atoms with Gasteiger partial charge in [0.15, 0.2) is 5.69 Å². The van der Waals surface area contributed by atoms with Crippen LogP contribution in [0.5, 0.6) is 0 Å². The number of aryl methyl sites for hydroxylation is 1. The molecule has 1 atom stereocenters. The molecule has 0 aromatic carbocycles. The van der Waals surface area contributed by atoms with Gasteiger partial charge in [-0.2, -0.15) is 18.3 Å². The summed E-state index contributed by atoms with van der Waals surface area (Å²) in [4.78, 5) is 15.7. The van der Waals surface area contributed by atoms with E-state index in [0.717, 1.165) is 16.7 Å². The molecular weight excluding hydrogens is 317 g/mol. The third-order valence-corrected chi connectivity index (χ3v) is 4.00. The molecule has 0 aliphatic carbocycles. The summed E-state index contributed by atoms with van der Waals surface area (Å²) in [6.45, 7) is 4.29. The van der Waals surface area contributed by atoms with Gasteiger partial charge in [-0.25, -0.2) is 4.98 Å². The fourth-order valence-electron chi connectivity index (χ4n) is 1.81. The van der Waals surface area contributed by atoms with Gasteiger partial charge in [0.1, 0.15) is 5.01 Å². The molecule has 0 unspecified atom stereocenters. The number of hydrogen-bond donors (Lipinski definition) is 1. The lowest BCUT2D eigenvalue weighted by atomic mass is 10.2. The summed E-state index contributed by atoms with van der Waals surface area (Å²) in [5.74, 6) is -0.379. The zero-order valence-corrected chi connectivity index (χ0v) is 12.8. The molecular formula is C13H15F3N4OS. The number of alkyl halides is 3. The van der Waals surface area contributed by atoms with Gasteiger partial charge in [-0.15, -0.1) is 11.3 Å². The number of rotatable bonds is 5. The van der Waals surface area contributed by atoms with E-state index in [1.165, 1.54) is 6.20 Å². The fourth-order valence-corrected chi connectivity index (χ4v) is 2.77. The molecule has 0 radical (unpaired) electrons. The van der Waals surface area contributed by atoms with Crippen LogP contribution in [0.4, 0.5) is 13.2 Å². The monoisotopic (exact) mass is 332 g/mol. The summed E-state index contributed by atoms with van der Waals surface area (Å²) in [5.41, 5.74) is -0.563. The molecule has 2 aromatic rings. The highest BCUT2D eigenvalue weighted by atomic mass is 32.1. The number of aromatic nitrogens is 3. The van der Waals surface area contributed by atoms with Crippen molar-refractivity contribution >= 4 is 17.2 Å². The van der Waals surface area contributed by atoms with Crippen molar-refractivity contribution in [2.75, 3.05) is 0 Å². The van der Waals surface area contributed by atoms with Crippen LogP contribution in [0.15, 0.2) is 17.8 Å². The first kappa shape index (κ1) is 16.5. The van der Waals surface area contributed by atoms with Crippen molar-refractivity contribution < 1.29 is 18.0 Å². The first-order chi connectivity index (χ1) is 10.3. The van der Waals surface area contributed by atoms with E-state index in [1.54, 1.807) is 17.8 Å². The van der Waals surface area contributed by atoms with Crippen molar-refractivity contribution in [1.82, 2.24) is 20.1 Å². The van der Waals surface area contributed by atoms with E-state index >= 15 is 0 Å². The van der Waals surface area contributed by atoms with E-state index in [4.69, 9.17) is 0 Å². The molecule has 5 nitrogen and oxygen atoms in total. The van der Waals surface area contributed by atoms with E-state index in [0.29, 0.717) is 18.5 Å².